The molecule has 0 saturated heterocycles. The predicted molar refractivity (Wildman–Crippen MR) is 109 cm³/mol. The van der Waals surface area contributed by atoms with Gasteiger partial charge in [-0.05, 0) is 55.3 Å². The molecule has 0 fully saturated rings. The highest BCUT2D eigenvalue weighted by atomic mass is 79.9. The third-order valence-electron chi connectivity index (χ3n) is 3.79. The van der Waals surface area contributed by atoms with Gasteiger partial charge in [0.25, 0.3) is 10.0 Å². The Morgan fingerprint density at radius 3 is 2.26 bits per heavy atom. The summed E-state index contributed by atoms with van der Waals surface area (Å²) in [5.74, 6) is -0.520. The average Bonchev–Trinajstić information content (AvgIpc) is 2.64. The second-order valence-corrected chi connectivity index (χ2v) is 8.46. The molecule has 27 heavy (non-hydrogen) atoms. The molecule has 0 aliphatic carbocycles. The van der Waals surface area contributed by atoms with Gasteiger partial charge in [-0.2, -0.15) is 0 Å². The van der Waals surface area contributed by atoms with E-state index < -0.39 is 15.9 Å². The standard InChI is InChI=1S/C20H17BrN2O3S/c1-14-6-10-16(11-7-14)22-20(24)18-4-2-3-5-19(18)23-27(25,26)17-12-8-15(21)9-13-17/h2-13,23H,1H3,(H,22,24)/p-1. The second kappa shape index (κ2) is 7.94. The van der Waals surface area contributed by atoms with Gasteiger partial charge in [-0.3, -0.25) is 9.71 Å². The fourth-order valence-electron chi connectivity index (χ4n) is 2.37. The summed E-state index contributed by atoms with van der Waals surface area (Å²) in [7, 11) is -3.83. The largest absolute Gasteiger partial charge is 0.858 e. The molecule has 0 saturated carbocycles. The summed E-state index contributed by atoms with van der Waals surface area (Å²) in [6.45, 7) is 1.94. The molecule has 5 nitrogen and oxygen atoms in total. The molecule has 3 aromatic rings. The van der Waals surface area contributed by atoms with E-state index in [1.54, 1.807) is 42.5 Å². The minimum atomic E-state index is -3.83. The van der Waals surface area contributed by atoms with Crippen molar-refractivity contribution in [2.75, 3.05) is 4.72 Å². The minimum absolute atomic E-state index is 0.100. The number of para-hydroxylation sites is 1. The van der Waals surface area contributed by atoms with Crippen LogP contribution in [0.15, 0.2) is 87.2 Å². The van der Waals surface area contributed by atoms with Crippen molar-refractivity contribution < 1.29 is 13.5 Å². The van der Waals surface area contributed by atoms with Gasteiger partial charge in [0.1, 0.15) is 0 Å². The summed E-state index contributed by atoms with van der Waals surface area (Å²) in [6, 6.07) is 19.8. The lowest BCUT2D eigenvalue weighted by atomic mass is 10.2. The van der Waals surface area contributed by atoms with E-state index in [1.807, 2.05) is 19.1 Å². The molecule has 0 bridgehead atoms. The highest BCUT2D eigenvalue weighted by Gasteiger charge is 2.15. The number of rotatable bonds is 5. The predicted octanol–water partition coefficient (Wildman–Crippen LogP) is 4.00. The van der Waals surface area contributed by atoms with Gasteiger partial charge in [0, 0.05) is 10.0 Å². The zero-order valence-corrected chi connectivity index (χ0v) is 16.8. The average molecular weight is 444 g/mol. The number of aryl methyl sites for hydroxylation is 1. The molecule has 0 radical (unpaired) electrons. The van der Waals surface area contributed by atoms with E-state index >= 15 is 0 Å². The van der Waals surface area contributed by atoms with Crippen LogP contribution in [0.3, 0.4) is 0 Å². The Bertz CT molecular complexity index is 1080. The molecule has 7 heteroatoms. The molecule has 0 aromatic heterocycles. The number of nitrogens with zero attached hydrogens (tertiary/aromatic N) is 1. The summed E-state index contributed by atoms with van der Waals surface area (Å²) >= 11 is 3.27. The molecule has 0 aliphatic heterocycles. The molecule has 1 N–H and O–H groups in total. The van der Waals surface area contributed by atoms with Crippen molar-refractivity contribution in [1.82, 2.24) is 0 Å². The summed E-state index contributed by atoms with van der Waals surface area (Å²) in [4.78, 5) is 4.17. The first-order valence-electron chi connectivity index (χ1n) is 8.05. The molecule has 3 aromatic carbocycles. The monoisotopic (exact) mass is 443 g/mol. The first-order valence-corrected chi connectivity index (χ1v) is 10.3. The van der Waals surface area contributed by atoms with Gasteiger partial charge >= 0.3 is 0 Å². The van der Waals surface area contributed by atoms with Gasteiger partial charge in [0.05, 0.1) is 16.3 Å². The van der Waals surface area contributed by atoms with Crippen LogP contribution >= 0.6 is 15.9 Å². The van der Waals surface area contributed by atoms with Crippen molar-refractivity contribution in [1.29, 1.82) is 0 Å². The quantitative estimate of drug-likeness (QED) is 0.477. The van der Waals surface area contributed by atoms with Crippen LogP contribution < -0.4 is 9.83 Å². The van der Waals surface area contributed by atoms with Gasteiger partial charge in [-0.15, -0.1) is 0 Å². The summed E-state index contributed by atoms with van der Waals surface area (Å²) in [6.07, 6.45) is 0. The van der Waals surface area contributed by atoms with E-state index in [2.05, 4.69) is 25.6 Å². The van der Waals surface area contributed by atoms with Crippen LogP contribution in [0.4, 0.5) is 11.4 Å². The van der Waals surface area contributed by atoms with Crippen molar-refractivity contribution in [3.8, 4) is 0 Å². The third-order valence-corrected chi connectivity index (χ3v) is 5.70. The van der Waals surface area contributed by atoms with E-state index in [1.165, 1.54) is 18.2 Å². The zero-order valence-electron chi connectivity index (χ0n) is 14.4. The number of hydrogen-bond donors (Lipinski definition) is 1. The lowest BCUT2D eigenvalue weighted by Crippen LogP contribution is -2.22. The number of nitrogens with one attached hydrogen (secondary N) is 1. The van der Waals surface area contributed by atoms with Gasteiger partial charge in [0.2, 0.25) is 0 Å². The lowest BCUT2D eigenvalue weighted by molar-refractivity contribution is -0.212. The number of sulfonamides is 1. The zero-order chi connectivity index (χ0) is 19.4. The van der Waals surface area contributed by atoms with Crippen molar-refractivity contribution in [3.05, 3.63) is 88.4 Å². The van der Waals surface area contributed by atoms with Crippen molar-refractivity contribution >= 4 is 43.2 Å². The van der Waals surface area contributed by atoms with E-state index in [0.717, 1.165) is 10.0 Å². The number of hydrogen-bond acceptors (Lipinski definition) is 4. The maximum Gasteiger partial charge on any atom is 0.261 e. The van der Waals surface area contributed by atoms with Crippen LogP contribution in [0, 0.1) is 6.92 Å². The van der Waals surface area contributed by atoms with Gasteiger partial charge in [-0.1, -0.05) is 51.8 Å². The van der Waals surface area contributed by atoms with Gasteiger partial charge < -0.3 is 5.11 Å². The maximum atomic E-state index is 12.6. The van der Waals surface area contributed by atoms with Crippen LogP contribution in [-0.2, 0) is 10.0 Å². The molecule has 138 valence electrons. The molecule has 0 aliphatic rings. The first kappa shape index (κ1) is 19.1. The van der Waals surface area contributed by atoms with Crippen LogP contribution in [0.5, 0.6) is 0 Å². The van der Waals surface area contributed by atoms with Crippen LogP contribution in [0.25, 0.3) is 0 Å². The van der Waals surface area contributed by atoms with E-state index in [-0.39, 0.29) is 16.1 Å². The SMILES string of the molecule is Cc1ccc(N=C([O-])c2ccccc2NS(=O)(=O)c2ccc(Br)cc2)cc1. The van der Waals surface area contributed by atoms with Crippen LogP contribution in [0.2, 0.25) is 0 Å². The Morgan fingerprint density at radius 1 is 0.963 bits per heavy atom. The van der Waals surface area contributed by atoms with Gasteiger partial charge in [-0.25, -0.2) is 8.42 Å². The normalized spacial score (nSPS) is 12.0. The fraction of sp³-hybridized carbons (Fsp3) is 0.0500. The third kappa shape index (κ3) is 4.75. The number of aliphatic imine (C=N–C) groups is 1. The van der Waals surface area contributed by atoms with Crippen molar-refractivity contribution in [2.45, 2.75) is 11.8 Å². The number of halogens is 1. The highest BCUT2D eigenvalue weighted by Crippen LogP contribution is 2.22. The fourth-order valence-corrected chi connectivity index (χ4v) is 3.72. The molecule has 0 amide bonds. The smallest absolute Gasteiger partial charge is 0.261 e. The molecule has 0 unspecified atom stereocenters. The Labute approximate surface area is 166 Å². The van der Waals surface area contributed by atoms with Crippen molar-refractivity contribution in [2.24, 2.45) is 4.99 Å². The van der Waals surface area contributed by atoms with E-state index in [9.17, 15) is 13.5 Å². The maximum absolute atomic E-state index is 12.6. The Kier molecular flexibility index (Phi) is 5.62. The Balaban J connectivity index is 1.94. The molecule has 3 rings (SSSR count). The summed E-state index contributed by atoms with van der Waals surface area (Å²) in [5.41, 5.74) is 1.93. The molecular formula is C20H16BrN2O3S-. The Morgan fingerprint density at radius 2 is 1.59 bits per heavy atom. The molecular weight excluding hydrogens is 428 g/mol. The van der Waals surface area contributed by atoms with E-state index in [4.69, 9.17) is 0 Å². The lowest BCUT2D eigenvalue weighted by Gasteiger charge is -2.17. The Hall–Kier alpha value is -2.64. The topological polar surface area (TPSA) is 81.6 Å². The van der Waals surface area contributed by atoms with E-state index in [0.29, 0.717) is 5.69 Å². The molecule has 0 heterocycles. The minimum Gasteiger partial charge on any atom is -0.858 e. The van der Waals surface area contributed by atoms with Crippen LogP contribution in [-0.4, -0.2) is 14.3 Å². The van der Waals surface area contributed by atoms with Crippen molar-refractivity contribution in [3.63, 3.8) is 0 Å². The molecule has 0 spiro atoms. The van der Waals surface area contributed by atoms with Gasteiger partial charge in [0.15, 0.2) is 0 Å². The summed E-state index contributed by atoms with van der Waals surface area (Å²) in [5, 5.41) is 12.6. The summed E-state index contributed by atoms with van der Waals surface area (Å²) < 4.78 is 28.5. The van der Waals surface area contributed by atoms with Crippen LogP contribution in [0.1, 0.15) is 11.1 Å². The first-order chi connectivity index (χ1) is 12.8. The second-order valence-electron chi connectivity index (χ2n) is 5.86. The highest BCUT2D eigenvalue weighted by molar-refractivity contribution is 9.10. The number of anilines is 1. The molecule has 0 atom stereocenters. The number of benzene rings is 3.